The molecule has 3 nitrogen and oxygen atoms in total. The molecule has 2 rings (SSSR count). The molecule has 0 spiro atoms. The van der Waals surface area contributed by atoms with Crippen LogP contribution in [-0.4, -0.2) is 5.75 Å². The van der Waals surface area contributed by atoms with Crippen molar-refractivity contribution in [2.75, 3.05) is 5.75 Å². The van der Waals surface area contributed by atoms with Crippen molar-refractivity contribution in [3.63, 3.8) is 0 Å². The van der Waals surface area contributed by atoms with Crippen LogP contribution in [0.2, 0.25) is 0 Å². The second-order valence-corrected chi connectivity index (χ2v) is 5.56. The predicted molar refractivity (Wildman–Crippen MR) is 83.4 cm³/mol. The maximum atomic E-state index is 9.34. The number of thioether (sulfide) groups is 1. The molecule has 0 aromatic heterocycles. The first-order valence-corrected chi connectivity index (χ1v) is 7.56. The lowest BCUT2D eigenvalue weighted by molar-refractivity contribution is 0.479. The molecule has 0 fully saturated rings. The lowest BCUT2D eigenvalue weighted by Crippen LogP contribution is -1.91. The maximum Gasteiger partial charge on any atom is 0.146 e. The maximum absolute atomic E-state index is 9.34. The zero-order valence-electron chi connectivity index (χ0n) is 11.7. The van der Waals surface area contributed by atoms with Crippen LogP contribution in [0.15, 0.2) is 47.4 Å². The molecule has 0 saturated heterocycles. The van der Waals surface area contributed by atoms with Gasteiger partial charge in [-0.1, -0.05) is 25.1 Å². The SMILES string of the molecule is CCSc1cccc(Oc2ccc(CC#N)cc2)c1C#N. The molecule has 104 valence electrons. The van der Waals surface area contributed by atoms with Crippen molar-refractivity contribution in [2.24, 2.45) is 0 Å². The van der Waals surface area contributed by atoms with E-state index >= 15 is 0 Å². The molecule has 0 aliphatic rings. The lowest BCUT2D eigenvalue weighted by Gasteiger charge is -2.10. The monoisotopic (exact) mass is 294 g/mol. The first kappa shape index (κ1) is 15.0. The Bertz CT molecular complexity index is 696. The molecule has 0 radical (unpaired) electrons. The number of hydrogen-bond donors (Lipinski definition) is 0. The molecule has 0 bridgehead atoms. The average Bonchev–Trinajstić information content (AvgIpc) is 2.50. The normalized spacial score (nSPS) is 9.67. The molecule has 0 aliphatic carbocycles. The number of benzene rings is 2. The van der Waals surface area contributed by atoms with Crippen LogP contribution in [0.5, 0.6) is 11.5 Å². The fourth-order valence-electron chi connectivity index (χ4n) is 1.88. The van der Waals surface area contributed by atoms with Gasteiger partial charge in [0.2, 0.25) is 0 Å². The van der Waals surface area contributed by atoms with Crippen molar-refractivity contribution in [3.05, 3.63) is 53.6 Å². The minimum absolute atomic E-state index is 0.381. The van der Waals surface area contributed by atoms with Gasteiger partial charge in [0, 0.05) is 4.90 Å². The zero-order chi connectivity index (χ0) is 15.1. The Hall–Kier alpha value is -2.43. The van der Waals surface area contributed by atoms with Gasteiger partial charge in [0.15, 0.2) is 0 Å². The molecular formula is C17H14N2OS. The molecule has 21 heavy (non-hydrogen) atoms. The summed E-state index contributed by atoms with van der Waals surface area (Å²) in [6.45, 7) is 2.05. The van der Waals surface area contributed by atoms with Crippen LogP contribution in [0.4, 0.5) is 0 Å². The quantitative estimate of drug-likeness (QED) is 0.760. The molecule has 0 saturated carbocycles. The summed E-state index contributed by atoms with van der Waals surface area (Å²) in [6, 6.07) is 17.3. The van der Waals surface area contributed by atoms with E-state index in [1.54, 1.807) is 17.8 Å². The van der Waals surface area contributed by atoms with Crippen molar-refractivity contribution in [3.8, 4) is 23.6 Å². The van der Waals surface area contributed by atoms with Crippen LogP contribution >= 0.6 is 11.8 Å². The van der Waals surface area contributed by atoms with E-state index in [9.17, 15) is 5.26 Å². The Kier molecular flexibility index (Phi) is 5.26. The highest BCUT2D eigenvalue weighted by molar-refractivity contribution is 7.99. The third-order valence-corrected chi connectivity index (χ3v) is 3.77. The Labute approximate surface area is 128 Å². The van der Waals surface area contributed by atoms with Crippen LogP contribution < -0.4 is 4.74 Å². The van der Waals surface area contributed by atoms with E-state index < -0.39 is 0 Å². The lowest BCUT2D eigenvalue weighted by atomic mass is 10.1. The van der Waals surface area contributed by atoms with Gasteiger partial charge in [0.1, 0.15) is 23.1 Å². The predicted octanol–water partition coefficient (Wildman–Crippen LogP) is 4.53. The number of nitrogens with zero attached hydrogens (tertiary/aromatic N) is 2. The Balaban J connectivity index is 2.25. The molecule has 0 amide bonds. The first-order valence-electron chi connectivity index (χ1n) is 6.58. The smallest absolute Gasteiger partial charge is 0.146 e. The van der Waals surface area contributed by atoms with Crippen LogP contribution in [-0.2, 0) is 6.42 Å². The van der Waals surface area contributed by atoms with Gasteiger partial charge < -0.3 is 4.74 Å². The van der Waals surface area contributed by atoms with Crippen LogP contribution in [0.3, 0.4) is 0 Å². The zero-order valence-corrected chi connectivity index (χ0v) is 12.5. The summed E-state index contributed by atoms with van der Waals surface area (Å²) < 4.78 is 5.80. The molecule has 0 unspecified atom stereocenters. The van der Waals surface area contributed by atoms with Gasteiger partial charge in [-0.3, -0.25) is 0 Å². The van der Waals surface area contributed by atoms with Crippen molar-refractivity contribution in [2.45, 2.75) is 18.2 Å². The second-order valence-electron chi connectivity index (χ2n) is 4.26. The largest absolute Gasteiger partial charge is 0.456 e. The van der Waals surface area contributed by atoms with E-state index in [-0.39, 0.29) is 0 Å². The van der Waals surface area contributed by atoms with E-state index in [1.165, 1.54) is 0 Å². The van der Waals surface area contributed by atoms with Gasteiger partial charge in [-0.25, -0.2) is 0 Å². The van der Waals surface area contributed by atoms with Gasteiger partial charge in [0.25, 0.3) is 0 Å². The van der Waals surface area contributed by atoms with Crippen molar-refractivity contribution in [1.29, 1.82) is 10.5 Å². The molecule has 2 aromatic rings. The van der Waals surface area contributed by atoms with E-state index in [0.717, 1.165) is 16.2 Å². The Morgan fingerprint density at radius 3 is 2.48 bits per heavy atom. The van der Waals surface area contributed by atoms with Gasteiger partial charge in [0.05, 0.1) is 12.5 Å². The highest BCUT2D eigenvalue weighted by Crippen LogP contribution is 2.32. The molecule has 0 atom stereocenters. The van der Waals surface area contributed by atoms with Crippen molar-refractivity contribution < 1.29 is 4.74 Å². The number of nitriles is 2. The minimum Gasteiger partial charge on any atom is -0.456 e. The summed E-state index contributed by atoms with van der Waals surface area (Å²) in [5.74, 6) is 2.12. The first-order chi connectivity index (χ1) is 10.3. The number of rotatable bonds is 5. The molecule has 0 N–H and O–H groups in total. The standard InChI is InChI=1S/C17H14N2OS/c1-2-21-17-5-3-4-16(15(17)12-19)20-14-8-6-13(7-9-14)10-11-18/h3-9H,2,10H2,1H3. The summed E-state index contributed by atoms with van der Waals surface area (Å²) in [7, 11) is 0. The highest BCUT2D eigenvalue weighted by atomic mass is 32.2. The second kappa shape index (κ2) is 7.38. The third kappa shape index (κ3) is 3.78. The van der Waals surface area contributed by atoms with Gasteiger partial charge in [-0.05, 0) is 35.6 Å². The molecule has 4 heteroatoms. The topological polar surface area (TPSA) is 56.8 Å². The summed E-state index contributed by atoms with van der Waals surface area (Å²) in [6.07, 6.45) is 0.381. The molecular weight excluding hydrogens is 280 g/mol. The Morgan fingerprint density at radius 1 is 1.10 bits per heavy atom. The van der Waals surface area contributed by atoms with Crippen molar-refractivity contribution >= 4 is 11.8 Å². The summed E-state index contributed by atoms with van der Waals surface area (Å²) in [5.41, 5.74) is 1.51. The molecule has 0 heterocycles. The van der Waals surface area contributed by atoms with Crippen molar-refractivity contribution in [1.82, 2.24) is 0 Å². The molecule has 2 aromatic carbocycles. The van der Waals surface area contributed by atoms with E-state index in [1.807, 2.05) is 43.3 Å². The van der Waals surface area contributed by atoms with E-state index in [0.29, 0.717) is 23.5 Å². The fraction of sp³-hybridized carbons (Fsp3) is 0.176. The average molecular weight is 294 g/mol. The van der Waals surface area contributed by atoms with Gasteiger partial charge in [-0.2, -0.15) is 10.5 Å². The van der Waals surface area contributed by atoms with Gasteiger partial charge in [-0.15, -0.1) is 11.8 Å². The molecule has 0 aliphatic heterocycles. The van der Waals surface area contributed by atoms with Crippen LogP contribution in [0, 0.1) is 22.7 Å². The van der Waals surface area contributed by atoms with E-state index in [4.69, 9.17) is 10.00 Å². The number of ether oxygens (including phenoxy) is 1. The van der Waals surface area contributed by atoms with Crippen LogP contribution in [0.25, 0.3) is 0 Å². The minimum atomic E-state index is 0.381. The van der Waals surface area contributed by atoms with Gasteiger partial charge >= 0.3 is 0 Å². The van der Waals surface area contributed by atoms with E-state index in [2.05, 4.69) is 12.1 Å². The Morgan fingerprint density at radius 2 is 1.86 bits per heavy atom. The number of hydrogen-bond acceptors (Lipinski definition) is 4. The van der Waals surface area contributed by atoms with Crippen LogP contribution in [0.1, 0.15) is 18.1 Å². The third-order valence-electron chi connectivity index (χ3n) is 2.83. The summed E-state index contributed by atoms with van der Waals surface area (Å²) >= 11 is 1.62. The fourth-order valence-corrected chi connectivity index (χ4v) is 2.65. The highest BCUT2D eigenvalue weighted by Gasteiger charge is 2.10. The summed E-state index contributed by atoms with van der Waals surface area (Å²) in [5, 5.41) is 18.0. The summed E-state index contributed by atoms with van der Waals surface area (Å²) in [4.78, 5) is 0.929.